The maximum absolute atomic E-state index is 14.1. The Morgan fingerprint density at radius 3 is 3.00 bits per heavy atom. The van der Waals surface area contributed by atoms with Gasteiger partial charge in [-0.05, 0) is 11.6 Å². The van der Waals surface area contributed by atoms with Gasteiger partial charge in [-0.2, -0.15) is 0 Å². The molecule has 1 aromatic rings. The van der Waals surface area contributed by atoms with Crippen LogP contribution < -0.4 is 5.69 Å². The molecule has 0 radical (unpaired) electrons. The molecule has 11 heteroatoms. The number of hydrogen-bond acceptors (Lipinski definition) is 6. The summed E-state index contributed by atoms with van der Waals surface area (Å²) in [5.41, 5.74) is 5.49. The zero-order chi connectivity index (χ0) is 14.9. The minimum absolute atomic E-state index is 0.142. The van der Waals surface area contributed by atoms with Crippen LogP contribution in [0.3, 0.4) is 0 Å². The minimum atomic E-state index is -2.18. The Morgan fingerprint density at radius 1 is 1.75 bits per heavy atom. The normalized spacial score (nSPS) is 32.9. The van der Waals surface area contributed by atoms with Gasteiger partial charge in [-0.1, -0.05) is 17.3 Å². The van der Waals surface area contributed by atoms with Gasteiger partial charge in [0.15, 0.2) is 12.4 Å². The summed E-state index contributed by atoms with van der Waals surface area (Å²) in [5, 5.41) is 22.0. The van der Waals surface area contributed by atoms with Crippen molar-refractivity contribution in [1.82, 2.24) is 9.55 Å². The summed E-state index contributed by atoms with van der Waals surface area (Å²) in [4.78, 5) is 16.4. The topological polar surface area (TPSA) is 136 Å². The van der Waals surface area contributed by atoms with Gasteiger partial charge < -0.3 is 14.9 Å². The lowest BCUT2D eigenvalue weighted by molar-refractivity contribution is -0.124. The van der Waals surface area contributed by atoms with Crippen molar-refractivity contribution in [2.75, 3.05) is 6.61 Å². The van der Waals surface area contributed by atoms with Crippen molar-refractivity contribution in [2.45, 2.75) is 24.2 Å². The monoisotopic (exact) mass is 303 g/mol. The number of rotatable bonds is 3. The van der Waals surface area contributed by atoms with E-state index in [0.717, 1.165) is 4.57 Å². The summed E-state index contributed by atoms with van der Waals surface area (Å²) in [6.45, 7) is -0.938. The third kappa shape index (κ3) is 2.21. The largest absolute Gasteiger partial charge is 0.393 e. The molecule has 108 valence electrons. The number of alkyl halides is 1. The van der Waals surface area contributed by atoms with Gasteiger partial charge in [-0.25, -0.2) is 9.18 Å². The van der Waals surface area contributed by atoms with E-state index in [1.165, 1.54) is 12.3 Å². The lowest BCUT2D eigenvalue weighted by Crippen LogP contribution is -2.43. The van der Waals surface area contributed by atoms with Gasteiger partial charge in [-0.15, -0.1) is 0 Å². The van der Waals surface area contributed by atoms with Crippen LogP contribution in [-0.2, 0) is 4.74 Å². The van der Waals surface area contributed by atoms with Gasteiger partial charge >= 0.3 is 5.69 Å². The molecule has 1 aliphatic heterocycles. The Morgan fingerprint density at radius 2 is 2.45 bits per heavy atom. The second-order valence-electron chi connectivity index (χ2n) is 4.11. The van der Waals surface area contributed by atoms with E-state index in [2.05, 4.69) is 15.0 Å². The molecule has 1 unspecified atom stereocenters. The van der Waals surface area contributed by atoms with Crippen LogP contribution in [0.5, 0.6) is 0 Å². The quantitative estimate of drug-likeness (QED) is 0.315. The van der Waals surface area contributed by atoms with Crippen LogP contribution in [0, 0.1) is 4.64 Å². The summed E-state index contributed by atoms with van der Waals surface area (Å²) < 4.78 is 20.1. The van der Waals surface area contributed by atoms with E-state index in [0.29, 0.717) is 0 Å². The predicted octanol–water partition coefficient (Wildman–Crippen LogP) is 0.133. The van der Waals surface area contributed by atoms with Crippen molar-refractivity contribution in [1.29, 1.82) is 0 Å². The smallest absolute Gasteiger partial charge is 0.328 e. The fourth-order valence-corrected chi connectivity index (χ4v) is 2.06. The van der Waals surface area contributed by atoms with Crippen LogP contribution >= 0.6 is 12.2 Å². The molecule has 1 aromatic heterocycles. The molecule has 0 spiro atoms. The summed E-state index contributed by atoms with van der Waals surface area (Å²) in [7, 11) is 0. The van der Waals surface area contributed by atoms with Gasteiger partial charge in [0.1, 0.15) is 10.7 Å². The maximum atomic E-state index is 14.1. The number of aliphatic hydroxyl groups excluding tert-OH is 2. The Hall–Kier alpha value is -1.78. The molecular weight excluding hydrogens is 293 g/mol. The number of nitrogens with one attached hydrogen (secondary N) is 1. The van der Waals surface area contributed by atoms with Gasteiger partial charge in [0, 0.05) is 11.1 Å². The number of H-pyrrole nitrogens is 1. The van der Waals surface area contributed by atoms with Crippen molar-refractivity contribution in [3.8, 4) is 0 Å². The third-order valence-corrected chi connectivity index (χ3v) is 3.17. The third-order valence-electron chi connectivity index (χ3n) is 2.93. The van der Waals surface area contributed by atoms with Crippen LogP contribution in [0.2, 0.25) is 0 Å². The number of ether oxygens (including phenoxy) is 1. The SMILES string of the molecule is [N-]=[N+]=N[C@]1(CO)O[C@@H](n2ccc(=S)[nH]c2=O)C(F)[C@H]1O. The van der Waals surface area contributed by atoms with Gasteiger partial charge in [0.25, 0.3) is 0 Å². The molecule has 1 saturated heterocycles. The van der Waals surface area contributed by atoms with Crippen molar-refractivity contribution in [2.24, 2.45) is 5.11 Å². The van der Waals surface area contributed by atoms with E-state index in [-0.39, 0.29) is 4.64 Å². The van der Waals surface area contributed by atoms with E-state index >= 15 is 0 Å². The Kier molecular flexibility index (Phi) is 3.88. The zero-order valence-corrected chi connectivity index (χ0v) is 10.7. The number of aliphatic hydroxyl groups is 2. The fraction of sp³-hybridized carbons (Fsp3) is 0.556. The molecule has 9 nitrogen and oxygen atoms in total. The van der Waals surface area contributed by atoms with E-state index in [4.69, 9.17) is 22.5 Å². The second kappa shape index (κ2) is 5.31. The molecule has 0 aromatic carbocycles. The first-order valence-corrected chi connectivity index (χ1v) is 5.84. The molecule has 3 N–H and O–H groups in total. The number of nitrogens with zero attached hydrogens (tertiary/aromatic N) is 4. The molecule has 0 saturated carbocycles. The number of azide groups is 1. The summed E-state index contributed by atoms with van der Waals surface area (Å²) in [5.74, 6) is 0. The molecule has 1 aliphatic rings. The highest BCUT2D eigenvalue weighted by atomic mass is 32.1. The van der Waals surface area contributed by atoms with E-state index < -0.39 is 36.5 Å². The van der Waals surface area contributed by atoms with Gasteiger partial charge in [-0.3, -0.25) is 9.55 Å². The lowest BCUT2D eigenvalue weighted by Gasteiger charge is -2.23. The van der Waals surface area contributed by atoms with Crippen molar-refractivity contribution < 1.29 is 19.3 Å². The van der Waals surface area contributed by atoms with Crippen molar-refractivity contribution >= 4 is 12.2 Å². The maximum Gasteiger partial charge on any atom is 0.328 e. The summed E-state index contributed by atoms with van der Waals surface area (Å²) in [6.07, 6.45) is -4.37. The Balaban J connectivity index is 2.47. The Labute approximate surface area is 115 Å². The fourth-order valence-electron chi connectivity index (χ4n) is 1.91. The highest BCUT2D eigenvalue weighted by Gasteiger charge is 2.56. The highest BCUT2D eigenvalue weighted by molar-refractivity contribution is 7.71. The minimum Gasteiger partial charge on any atom is -0.393 e. The highest BCUT2D eigenvalue weighted by Crippen LogP contribution is 2.39. The van der Waals surface area contributed by atoms with Crippen LogP contribution in [-0.4, -0.2) is 44.4 Å². The standard InChI is InChI=1S/C9H10FN5O4S/c10-5-6(17)9(3-16,13-14-11)19-7(5)15-2-1-4(20)12-8(15)18/h1-2,5-7,16-17H,3H2,(H,12,18,20)/t5?,6-,7-,9-/m1/s1. The average molecular weight is 303 g/mol. The molecule has 0 amide bonds. The summed E-state index contributed by atoms with van der Waals surface area (Å²) >= 11 is 4.74. The van der Waals surface area contributed by atoms with E-state index in [9.17, 15) is 19.4 Å². The molecular formula is C9H10FN5O4S. The van der Waals surface area contributed by atoms with Crippen LogP contribution in [0.1, 0.15) is 6.23 Å². The number of halogens is 1. The van der Waals surface area contributed by atoms with Crippen molar-refractivity contribution in [3.05, 3.63) is 37.8 Å². The Bertz CT molecular complexity index is 671. The first kappa shape index (κ1) is 14.6. The number of hydrogen-bond donors (Lipinski definition) is 3. The van der Waals surface area contributed by atoms with Gasteiger partial charge in [0.2, 0.25) is 5.72 Å². The first-order chi connectivity index (χ1) is 9.45. The second-order valence-corrected chi connectivity index (χ2v) is 4.55. The van der Waals surface area contributed by atoms with Crippen LogP contribution in [0.4, 0.5) is 4.39 Å². The van der Waals surface area contributed by atoms with Gasteiger partial charge in [0.05, 0.1) is 6.61 Å². The molecule has 20 heavy (non-hydrogen) atoms. The van der Waals surface area contributed by atoms with E-state index in [1.807, 2.05) is 0 Å². The predicted molar refractivity (Wildman–Crippen MR) is 65.9 cm³/mol. The molecule has 1 fully saturated rings. The van der Waals surface area contributed by atoms with Crippen LogP contribution in [0.15, 0.2) is 22.2 Å². The summed E-state index contributed by atoms with van der Waals surface area (Å²) in [6, 6.07) is 1.33. The lowest BCUT2D eigenvalue weighted by atomic mass is 10.1. The van der Waals surface area contributed by atoms with Crippen LogP contribution in [0.25, 0.3) is 10.4 Å². The number of aromatic nitrogens is 2. The molecule has 0 bridgehead atoms. The molecule has 2 heterocycles. The molecule has 4 atom stereocenters. The van der Waals surface area contributed by atoms with Crippen molar-refractivity contribution in [3.63, 3.8) is 0 Å². The number of aromatic amines is 1. The van der Waals surface area contributed by atoms with E-state index in [1.54, 1.807) is 0 Å². The molecule has 0 aliphatic carbocycles. The first-order valence-electron chi connectivity index (χ1n) is 5.44. The average Bonchev–Trinajstić information content (AvgIpc) is 2.65. The molecule has 2 rings (SSSR count). The zero-order valence-electron chi connectivity index (χ0n) is 9.88.